The van der Waals surface area contributed by atoms with Crippen molar-refractivity contribution < 1.29 is 19.1 Å². The molecule has 2 aromatic rings. The summed E-state index contributed by atoms with van der Waals surface area (Å²) in [5.74, 6) is -0.0133. The number of rotatable bonds is 7. The molecule has 0 spiro atoms. The van der Waals surface area contributed by atoms with E-state index < -0.39 is 12.1 Å². The summed E-state index contributed by atoms with van der Waals surface area (Å²) in [7, 11) is 0. The minimum absolute atomic E-state index is 0.254. The van der Waals surface area contributed by atoms with Crippen LogP contribution in [-0.2, 0) is 9.53 Å². The van der Waals surface area contributed by atoms with Crippen molar-refractivity contribution in [3.8, 4) is 5.75 Å². The Balaban J connectivity index is 2.13. The third-order valence-electron chi connectivity index (χ3n) is 3.77. The van der Waals surface area contributed by atoms with Gasteiger partial charge in [-0.2, -0.15) is 0 Å². The van der Waals surface area contributed by atoms with Gasteiger partial charge >= 0.3 is 5.97 Å². The van der Waals surface area contributed by atoms with Crippen LogP contribution in [0.15, 0.2) is 48.5 Å². The van der Waals surface area contributed by atoms with Gasteiger partial charge < -0.3 is 14.8 Å². The summed E-state index contributed by atoms with van der Waals surface area (Å²) in [6.07, 6.45) is -0.0924. The number of anilines is 1. The van der Waals surface area contributed by atoms with Gasteiger partial charge in [-0.1, -0.05) is 31.2 Å². The third-order valence-corrected chi connectivity index (χ3v) is 3.77. The normalized spacial score (nSPS) is 11.5. The smallest absolute Gasteiger partial charge is 0.338 e. The van der Waals surface area contributed by atoms with Crippen LogP contribution in [0.5, 0.6) is 5.75 Å². The Hall–Kier alpha value is -2.82. The largest absolute Gasteiger partial charge is 0.481 e. The van der Waals surface area contributed by atoms with Crippen LogP contribution in [0.3, 0.4) is 0 Å². The Morgan fingerprint density at radius 1 is 1.04 bits per heavy atom. The van der Waals surface area contributed by atoms with Gasteiger partial charge in [-0.15, -0.1) is 0 Å². The molecule has 0 bridgehead atoms. The monoisotopic (exact) mass is 341 g/mol. The summed E-state index contributed by atoms with van der Waals surface area (Å²) in [5.41, 5.74) is 1.69. The molecule has 132 valence electrons. The summed E-state index contributed by atoms with van der Waals surface area (Å²) in [6, 6.07) is 14.4. The van der Waals surface area contributed by atoms with E-state index in [9.17, 15) is 9.59 Å². The van der Waals surface area contributed by atoms with Gasteiger partial charge in [-0.25, -0.2) is 4.79 Å². The predicted molar refractivity (Wildman–Crippen MR) is 96.9 cm³/mol. The quantitative estimate of drug-likeness (QED) is 0.774. The fourth-order valence-electron chi connectivity index (χ4n) is 2.40. The van der Waals surface area contributed by atoms with Gasteiger partial charge in [0.1, 0.15) is 5.75 Å². The van der Waals surface area contributed by atoms with Gasteiger partial charge in [-0.05, 0) is 50.1 Å². The first-order chi connectivity index (χ1) is 12.1. The molecule has 1 N–H and O–H groups in total. The molecule has 0 radical (unpaired) electrons. The molecule has 0 unspecified atom stereocenters. The van der Waals surface area contributed by atoms with Crippen molar-refractivity contribution in [3.63, 3.8) is 0 Å². The van der Waals surface area contributed by atoms with E-state index in [0.717, 1.165) is 0 Å². The van der Waals surface area contributed by atoms with Crippen LogP contribution >= 0.6 is 0 Å². The van der Waals surface area contributed by atoms with Gasteiger partial charge in [0.05, 0.1) is 12.2 Å². The van der Waals surface area contributed by atoms with E-state index >= 15 is 0 Å². The lowest BCUT2D eigenvalue weighted by molar-refractivity contribution is -0.122. The lowest BCUT2D eigenvalue weighted by Gasteiger charge is -2.18. The van der Waals surface area contributed by atoms with Crippen LogP contribution in [0.4, 0.5) is 5.69 Å². The maximum Gasteiger partial charge on any atom is 0.338 e. The maximum absolute atomic E-state index is 12.6. The van der Waals surface area contributed by atoms with Crippen molar-refractivity contribution in [2.75, 3.05) is 11.9 Å². The SMILES string of the molecule is CCOC(=O)c1cccc(NC(=O)[C@@H](CC)Oc2ccccc2)c1C. The van der Waals surface area contributed by atoms with Crippen LogP contribution < -0.4 is 10.1 Å². The molecule has 0 aliphatic carbocycles. The predicted octanol–water partition coefficient (Wildman–Crippen LogP) is 3.97. The minimum Gasteiger partial charge on any atom is -0.481 e. The fourth-order valence-corrected chi connectivity index (χ4v) is 2.40. The number of carbonyl (C=O) groups excluding carboxylic acids is 2. The topological polar surface area (TPSA) is 64.6 Å². The van der Waals surface area contributed by atoms with E-state index in [1.165, 1.54) is 0 Å². The standard InChI is InChI=1S/C20H23NO4/c1-4-18(25-15-10-7-6-8-11-15)19(22)21-17-13-9-12-16(14(17)3)20(23)24-5-2/h6-13,18H,4-5H2,1-3H3,(H,21,22)/t18-/m1/s1. The molecule has 1 amide bonds. The lowest BCUT2D eigenvalue weighted by atomic mass is 10.1. The molecule has 0 fully saturated rings. The molecule has 5 nitrogen and oxygen atoms in total. The second-order valence-electron chi connectivity index (χ2n) is 5.52. The Labute approximate surface area is 148 Å². The second-order valence-corrected chi connectivity index (χ2v) is 5.52. The number of nitrogens with one attached hydrogen (secondary N) is 1. The van der Waals surface area contributed by atoms with Crippen molar-refractivity contribution >= 4 is 17.6 Å². The molecule has 5 heteroatoms. The van der Waals surface area contributed by atoms with E-state index in [0.29, 0.717) is 35.6 Å². The molecule has 0 saturated carbocycles. The molecule has 0 aliphatic rings. The highest BCUT2D eigenvalue weighted by molar-refractivity contribution is 5.98. The van der Waals surface area contributed by atoms with Crippen LogP contribution in [0, 0.1) is 6.92 Å². The molecule has 25 heavy (non-hydrogen) atoms. The average molecular weight is 341 g/mol. The molecular weight excluding hydrogens is 318 g/mol. The zero-order valence-corrected chi connectivity index (χ0v) is 14.7. The molecule has 0 aromatic heterocycles. The highest BCUT2D eigenvalue weighted by Crippen LogP contribution is 2.21. The number of ether oxygens (including phenoxy) is 2. The number of carbonyl (C=O) groups is 2. The first kappa shape index (κ1) is 18.5. The number of amides is 1. The number of para-hydroxylation sites is 1. The number of esters is 1. The first-order valence-corrected chi connectivity index (χ1v) is 8.36. The fraction of sp³-hybridized carbons (Fsp3) is 0.300. The van der Waals surface area contributed by atoms with Crippen LogP contribution in [-0.4, -0.2) is 24.6 Å². The summed E-state index contributed by atoms with van der Waals surface area (Å²) in [6.45, 7) is 5.72. The van der Waals surface area contributed by atoms with E-state index in [4.69, 9.17) is 9.47 Å². The second kappa shape index (κ2) is 8.87. The van der Waals surface area contributed by atoms with Crippen LogP contribution in [0.25, 0.3) is 0 Å². The third kappa shape index (κ3) is 4.83. The number of hydrogen-bond donors (Lipinski definition) is 1. The molecule has 0 aliphatic heterocycles. The van der Waals surface area contributed by atoms with Gasteiger partial charge in [-0.3, -0.25) is 4.79 Å². The highest BCUT2D eigenvalue weighted by atomic mass is 16.5. The van der Waals surface area contributed by atoms with E-state index in [-0.39, 0.29) is 5.91 Å². The molecule has 1 atom stereocenters. The first-order valence-electron chi connectivity index (χ1n) is 8.36. The zero-order chi connectivity index (χ0) is 18.2. The van der Waals surface area contributed by atoms with Gasteiger partial charge in [0.2, 0.25) is 0 Å². The summed E-state index contributed by atoms with van der Waals surface area (Å²) in [5, 5.41) is 2.85. The molecule has 2 aromatic carbocycles. The number of benzene rings is 2. The van der Waals surface area contributed by atoms with E-state index in [1.54, 1.807) is 32.0 Å². The molecular formula is C20H23NO4. The van der Waals surface area contributed by atoms with E-state index in [1.807, 2.05) is 37.3 Å². The maximum atomic E-state index is 12.6. The van der Waals surface area contributed by atoms with Crippen molar-refractivity contribution in [3.05, 3.63) is 59.7 Å². The van der Waals surface area contributed by atoms with Crippen molar-refractivity contribution in [1.29, 1.82) is 0 Å². The molecule has 0 saturated heterocycles. The van der Waals surface area contributed by atoms with Gasteiger partial charge in [0, 0.05) is 5.69 Å². The van der Waals surface area contributed by atoms with Crippen LogP contribution in [0.2, 0.25) is 0 Å². The minimum atomic E-state index is -0.618. The number of hydrogen-bond acceptors (Lipinski definition) is 4. The molecule has 0 heterocycles. The Morgan fingerprint density at radius 3 is 2.40 bits per heavy atom. The molecule has 2 rings (SSSR count). The van der Waals surface area contributed by atoms with Crippen molar-refractivity contribution in [2.45, 2.75) is 33.3 Å². The van der Waals surface area contributed by atoms with Gasteiger partial charge in [0.25, 0.3) is 5.91 Å². The Kier molecular flexibility index (Phi) is 6.57. The summed E-state index contributed by atoms with van der Waals surface area (Å²) in [4.78, 5) is 24.5. The summed E-state index contributed by atoms with van der Waals surface area (Å²) < 4.78 is 10.8. The Bertz CT molecular complexity index is 728. The highest BCUT2D eigenvalue weighted by Gasteiger charge is 2.20. The van der Waals surface area contributed by atoms with Crippen LogP contribution in [0.1, 0.15) is 36.2 Å². The van der Waals surface area contributed by atoms with E-state index in [2.05, 4.69) is 5.32 Å². The Morgan fingerprint density at radius 2 is 1.76 bits per heavy atom. The van der Waals surface area contributed by atoms with Gasteiger partial charge in [0.15, 0.2) is 6.10 Å². The van der Waals surface area contributed by atoms with Crippen molar-refractivity contribution in [2.24, 2.45) is 0 Å². The average Bonchev–Trinajstić information content (AvgIpc) is 2.62. The van der Waals surface area contributed by atoms with Crippen molar-refractivity contribution in [1.82, 2.24) is 0 Å². The lowest BCUT2D eigenvalue weighted by Crippen LogP contribution is -2.32. The summed E-state index contributed by atoms with van der Waals surface area (Å²) >= 11 is 0. The zero-order valence-electron chi connectivity index (χ0n) is 14.7.